The van der Waals surface area contributed by atoms with Crippen LogP contribution in [0.4, 0.5) is 0 Å². The molecule has 0 saturated heterocycles. The summed E-state index contributed by atoms with van der Waals surface area (Å²) in [7, 11) is 1.71. The van der Waals surface area contributed by atoms with E-state index in [2.05, 4.69) is 45.1 Å². The summed E-state index contributed by atoms with van der Waals surface area (Å²) >= 11 is 0. The molecule has 1 aliphatic rings. The Kier molecular flexibility index (Phi) is 4.19. The standard InChI is InChI=1S/C17H27NO/c1-12-10-17(3,4)11-16(12)18-13(2)14-6-8-15(19-5)9-7-14/h6-9,12-13,16,18H,10-11H2,1-5H3/t12?,13-,16?/m1/s1. The lowest BCUT2D eigenvalue weighted by Crippen LogP contribution is -2.33. The van der Waals surface area contributed by atoms with Crippen LogP contribution in [0.15, 0.2) is 24.3 Å². The summed E-state index contributed by atoms with van der Waals surface area (Å²) in [5, 5.41) is 3.80. The second-order valence-electron chi connectivity index (χ2n) is 6.82. The molecule has 1 aliphatic carbocycles. The number of benzene rings is 1. The first-order valence-corrected chi connectivity index (χ1v) is 7.31. The average Bonchev–Trinajstić information content (AvgIpc) is 2.62. The quantitative estimate of drug-likeness (QED) is 0.878. The zero-order valence-corrected chi connectivity index (χ0v) is 12.9. The molecule has 0 amide bonds. The van der Waals surface area contributed by atoms with E-state index in [4.69, 9.17) is 4.74 Å². The highest BCUT2D eigenvalue weighted by atomic mass is 16.5. The highest BCUT2D eigenvalue weighted by molar-refractivity contribution is 5.28. The third-order valence-electron chi connectivity index (χ3n) is 4.41. The molecule has 1 saturated carbocycles. The van der Waals surface area contributed by atoms with Gasteiger partial charge >= 0.3 is 0 Å². The summed E-state index contributed by atoms with van der Waals surface area (Å²) in [6, 6.07) is 9.41. The number of hydrogen-bond acceptors (Lipinski definition) is 2. The lowest BCUT2D eigenvalue weighted by Gasteiger charge is -2.24. The molecule has 106 valence electrons. The van der Waals surface area contributed by atoms with Crippen molar-refractivity contribution in [1.82, 2.24) is 5.32 Å². The van der Waals surface area contributed by atoms with Gasteiger partial charge in [0, 0.05) is 12.1 Å². The Morgan fingerprint density at radius 1 is 1.21 bits per heavy atom. The van der Waals surface area contributed by atoms with Crippen molar-refractivity contribution < 1.29 is 4.74 Å². The largest absolute Gasteiger partial charge is 0.497 e. The monoisotopic (exact) mass is 261 g/mol. The van der Waals surface area contributed by atoms with Crippen LogP contribution in [0.25, 0.3) is 0 Å². The van der Waals surface area contributed by atoms with Crippen molar-refractivity contribution in [2.45, 2.75) is 52.6 Å². The van der Waals surface area contributed by atoms with E-state index in [1.54, 1.807) is 7.11 Å². The first-order valence-electron chi connectivity index (χ1n) is 7.31. The van der Waals surface area contributed by atoms with Crippen LogP contribution in [0, 0.1) is 11.3 Å². The Labute approximate surface area is 117 Å². The number of nitrogens with one attached hydrogen (secondary N) is 1. The molecule has 1 aromatic carbocycles. The SMILES string of the molecule is COc1ccc([C@@H](C)NC2CC(C)(C)CC2C)cc1. The molecule has 2 heteroatoms. The number of ether oxygens (including phenoxy) is 1. The predicted molar refractivity (Wildman–Crippen MR) is 80.5 cm³/mol. The third kappa shape index (κ3) is 3.50. The van der Waals surface area contributed by atoms with E-state index in [9.17, 15) is 0 Å². The Balaban J connectivity index is 1.98. The van der Waals surface area contributed by atoms with Crippen molar-refractivity contribution in [3.8, 4) is 5.75 Å². The van der Waals surface area contributed by atoms with Crippen LogP contribution in [0.2, 0.25) is 0 Å². The fourth-order valence-electron chi connectivity index (χ4n) is 3.43. The highest BCUT2D eigenvalue weighted by Crippen LogP contribution is 2.41. The fourth-order valence-corrected chi connectivity index (χ4v) is 3.43. The van der Waals surface area contributed by atoms with Gasteiger partial charge in [-0.05, 0) is 48.8 Å². The number of hydrogen-bond donors (Lipinski definition) is 1. The molecule has 19 heavy (non-hydrogen) atoms. The number of rotatable bonds is 4. The van der Waals surface area contributed by atoms with Crippen LogP contribution in [-0.4, -0.2) is 13.2 Å². The van der Waals surface area contributed by atoms with E-state index in [1.165, 1.54) is 18.4 Å². The topological polar surface area (TPSA) is 21.3 Å². The van der Waals surface area contributed by atoms with E-state index in [1.807, 2.05) is 12.1 Å². The normalized spacial score (nSPS) is 27.2. The van der Waals surface area contributed by atoms with E-state index in [0.29, 0.717) is 17.5 Å². The molecular weight excluding hydrogens is 234 g/mol. The van der Waals surface area contributed by atoms with Crippen LogP contribution in [0.5, 0.6) is 5.75 Å². The van der Waals surface area contributed by atoms with Gasteiger partial charge in [0.05, 0.1) is 7.11 Å². The van der Waals surface area contributed by atoms with Crippen LogP contribution in [0.1, 0.15) is 52.1 Å². The zero-order chi connectivity index (χ0) is 14.0. The van der Waals surface area contributed by atoms with E-state index >= 15 is 0 Å². The summed E-state index contributed by atoms with van der Waals surface area (Å²) in [4.78, 5) is 0. The van der Waals surface area contributed by atoms with Crippen LogP contribution in [-0.2, 0) is 0 Å². The van der Waals surface area contributed by atoms with Crippen LogP contribution >= 0.6 is 0 Å². The summed E-state index contributed by atoms with van der Waals surface area (Å²) in [5.41, 5.74) is 1.81. The van der Waals surface area contributed by atoms with Gasteiger partial charge in [-0.3, -0.25) is 0 Å². The molecule has 1 aromatic rings. The lowest BCUT2D eigenvalue weighted by molar-refractivity contribution is 0.356. The van der Waals surface area contributed by atoms with Crippen molar-refractivity contribution in [1.29, 1.82) is 0 Å². The Morgan fingerprint density at radius 2 is 1.84 bits per heavy atom. The average molecular weight is 261 g/mol. The van der Waals surface area contributed by atoms with Gasteiger partial charge in [-0.2, -0.15) is 0 Å². The third-order valence-corrected chi connectivity index (χ3v) is 4.41. The van der Waals surface area contributed by atoms with Gasteiger partial charge in [-0.15, -0.1) is 0 Å². The Bertz CT molecular complexity index is 410. The highest BCUT2D eigenvalue weighted by Gasteiger charge is 2.36. The lowest BCUT2D eigenvalue weighted by atomic mass is 9.91. The minimum absolute atomic E-state index is 0.396. The van der Waals surface area contributed by atoms with Gasteiger partial charge in [0.1, 0.15) is 5.75 Å². The summed E-state index contributed by atoms with van der Waals surface area (Å²) in [6.45, 7) is 9.37. The first kappa shape index (κ1) is 14.4. The molecule has 0 aromatic heterocycles. The van der Waals surface area contributed by atoms with Gasteiger partial charge in [0.2, 0.25) is 0 Å². The van der Waals surface area contributed by atoms with Gasteiger partial charge < -0.3 is 10.1 Å². The summed E-state index contributed by atoms with van der Waals surface area (Å²) in [6.07, 6.45) is 2.59. The van der Waals surface area contributed by atoms with E-state index in [-0.39, 0.29) is 0 Å². The zero-order valence-electron chi connectivity index (χ0n) is 12.9. The predicted octanol–water partition coefficient (Wildman–Crippen LogP) is 4.17. The molecule has 0 heterocycles. The molecule has 1 fully saturated rings. The van der Waals surface area contributed by atoms with Gasteiger partial charge in [0.15, 0.2) is 0 Å². The van der Waals surface area contributed by atoms with Crippen LogP contribution in [0.3, 0.4) is 0 Å². The maximum Gasteiger partial charge on any atom is 0.118 e. The first-order chi connectivity index (χ1) is 8.91. The molecule has 2 nitrogen and oxygen atoms in total. The molecule has 3 atom stereocenters. The molecule has 0 radical (unpaired) electrons. The Morgan fingerprint density at radius 3 is 2.32 bits per heavy atom. The molecule has 0 bridgehead atoms. The van der Waals surface area contributed by atoms with Gasteiger partial charge in [-0.25, -0.2) is 0 Å². The summed E-state index contributed by atoms with van der Waals surface area (Å²) < 4.78 is 5.21. The summed E-state index contributed by atoms with van der Waals surface area (Å²) in [5.74, 6) is 1.68. The molecule has 0 spiro atoms. The van der Waals surface area contributed by atoms with Crippen molar-refractivity contribution in [3.05, 3.63) is 29.8 Å². The van der Waals surface area contributed by atoms with Gasteiger partial charge in [0.25, 0.3) is 0 Å². The molecular formula is C17H27NO. The molecule has 1 N–H and O–H groups in total. The minimum Gasteiger partial charge on any atom is -0.497 e. The van der Waals surface area contributed by atoms with E-state index in [0.717, 1.165) is 11.7 Å². The number of methoxy groups -OCH3 is 1. The van der Waals surface area contributed by atoms with Gasteiger partial charge in [-0.1, -0.05) is 32.9 Å². The minimum atomic E-state index is 0.396. The molecule has 2 unspecified atom stereocenters. The second-order valence-corrected chi connectivity index (χ2v) is 6.82. The van der Waals surface area contributed by atoms with Crippen molar-refractivity contribution in [3.63, 3.8) is 0 Å². The maximum atomic E-state index is 5.21. The van der Waals surface area contributed by atoms with E-state index < -0.39 is 0 Å². The fraction of sp³-hybridized carbons (Fsp3) is 0.647. The van der Waals surface area contributed by atoms with Crippen LogP contribution < -0.4 is 10.1 Å². The van der Waals surface area contributed by atoms with Crippen molar-refractivity contribution >= 4 is 0 Å². The molecule has 0 aliphatic heterocycles. The maximum absolute atomic E-state index is 5.21. The molecule has 2 rings (SSSR count). The Hall–Kier alpha value is -1.02. The van der Waals surface area contributed by atoms with Crippen molar-refractivity contribution in [2.75, 3.05) is 7.11 Å². The smallest absolute Gasteiger partial charge is 0.118 e. The van der Waals surface area contributed by atoms with Crippen molar-refractivity contribution in [2.24, 2.45) is 11.3 Å². The second kappa shape index (κ2) is 5.54.